The van der Waals surface area contributed by atoms with Crippen molar-refractivity contribution in [3.63, 3.8) is 0 Å². The topological polar surface area (TPSA) is 55.8 Å². The molecule has 0 aliphatic heterocycles. The predicted molar refractivity (Wildman–Crippen MR) is 99.1 cm³/mol. The van der Waals surface area contributed by atoms with E-state index in [4.69, 9.17) is 21.1 Å². The molecule has 0 unspecified atom stereocenters. The number of hydrogen-bond acceptors (Lipinski definition) is 4. The maximum Gasteiger partial charge on any atom is 0.242 e. The Kier molecular flexibility index (Phi) is 6.70. The number of hydrogen-bond donors (Lipinski definition) is 0. The number of ether oxygens (including phenoxy) is 2. The highest BCUT2D eigenvalue weighted by Gasteiger charge is 2.20. The highest BCUT2D eigenvalue weighted by Crippen LogP contribution is 2.28. The molecule has 0 aliphatic carbocycles. The SMILES string of the molecule is COc1ccc(CCCN(C)S(=O)(=O)c2ccc(Cl)cc2)cc1OC. The second kappa shape index (κ2) is 8.56. The zero-order valence-corrected chi connectivity index (χ0v) is 16.1. The Morgan fingerprint density at radius 3 is 2.24 bits per heavy atom. The van der Waals surface area contributed by atoms with Crippen LogP contribution in [0.15, 0.2) is 47.4 Å². The Labute approximate surface area is 154 Å². The van der Waals surface area contributed by atoms with Gasteiger partial charge in [-0.2, -0.15) is 0 Å². The maximum absolute atomic E-state index is 12.5. The van der Waals surface area contributed by atoms with Gasteiger partial charge in [0.15, 0.2) is 11.5 Å². The monoisotopic (exact) mass is 383 g/mol. The fraction of sp³-hybridized carbons (Fsp3) is 0.333. The molecular weight excluding hydrogens is 362 g/mol. The minimum absolute atomic E-state index is 0.241. The van der Waals surface area contributed by atoms with Gasteiger partial charge in [-0.15, -0.1) is 0 Å². The lowest BCUT2D eigenvalue weighted by atomic mass is 10.1. The largest absolute Gasteiger partial charge is 0.493 e. The molecule has 2 aromatic carbocycles. The third-order valence-corrected chi connectivity index (χ3v) is 6.03. The first kappa shape index (κ1) is 19.6. The Hall–Kier alpha value is -1.76. The summed E-state index contributed by atoms with van der Waals surface area (Å²) in [5, 5.41) is 0.509. The molecule has 0 saturated heterocycles. The second-order valence-electron chi connectivity index (χ2n) is 5.57. The summed E-state index contributed by atoms with van der Waals surface area (Å²) in [7, 11) is 1.26. The first-order chi connectivity index (χ1) is 11.9. The number of aryl methyl sites for hydroxylation is 1. The molecule has 0 N–H and O–H groups in total. The van der Waals surface area contributed by atoms with Crippen LogP contribution >= 0.6 is 11.6 Å². The van der Waals surface area contributed by atoms with Crippen molar-refractivity contribution in [1.82, 2.24) is 4.31 Å². The van der Waals surface area contributed by atoms with Gasteiger partial charge in [-0.3, -0.25) is 0 Å². The van der Waals surface area contributed by atoms with Gasteiger partial charge in [-0.05, 0) is 54.8 Å². The van der Waals surface area contributed by atoms with Crippen LogP contribution in [0.2, 0.25) is 5.02 Å². The van der Waals surface area contributed by atoms with E-state index in [9.17, 15) is 8.42 Å². The van der Waals surface area contributed by atoms with Gasteiger partial charge in [0.1, 0.15) is 0 Å². The quantitative estimate of drug-likeness (QED) is 0.698. The van der Waals surface area contributed by atoms with Gasteiger partial charge in [0.05, 0.1) is 19.1 Å². The molecule has 0 amide bonds. The number of halogens is 1. The van der Waals surface area contributed by atoms with Crippen LogP contribution in [-0.2, 0) is 16.4 Å². The van der Waals surface area contributed by atoms with E-state index in [1.165, 1.54) is 16.4 Å². The molecular formula is C18H22ClNO4S. The van der Waals surface area contributed by atoms with E-state index in [0.29, 0.717) is 29.5 Å². The Balaban J connectivity index is 1.98. The molecule has 5 nitrogen and oxygen atoms in total. The molecule has 0 bridgehead atoms. The molecule has 0 atom stereocenters. The number of rotatable bonds is 8. The summed E-state index contributed by atoms with van der Waals surface area (Å²) in [6.07, 6.45) is 1.43. The molecule has 136 valence electrons. The van der Waals surface area contributed by atoms with Crippen molar-refractivity contribution in [2.75, 3.05) is 27.8 Å². The number of nitrogens with zero attached hydrogens (tertiary/aromatic N) is 1. The fourth-order valence-electron chi connectivity index (χ4n) is 2.45. The van der Waals surface area contributed by atoms with Gasteiger partial charge >= 0.3 is 0 Å². The molecule has 0 aliphatic rings. The molecule has 2 aromatic rings. The standard InChI is InChI=1S/C18H22ClNO4S/c1-20(25(21,22)16-9-7-15(19)8-10-16)12-4-5-14-6-11-17(23-2)18(13-14)24-3/h6-11,13H,4-5,12H2,1-3H3. The lowest BCUT2D eigenvalue weighted by Gasteiger charge is -2.17. The van der Waals surface area contributed by atoms with Gasteiger partial charge in [0.25, 0.3) is 0 Å². The van der Waals surface area contributed by atoms with E-state index in [1.54, 1.807) is 33.4 Å². The molecule has 0 fully saturated rings. The van der Waals surface area contributed by atoms with E-state index >= 15 is 0 Å². The van der Waals surface area contributed by atoms with Gasteiger partial charge in [0, 0.05) is 18.6 Å². The highest BCUT2D eigenvalue weighted by atomic mass is 35.5. The van der Waals surface area contributed by atoms with Crippen LogP contribution < -0.4 is 9.47 Å². The van der Waals surface area contributed by atoms with Crippen molar-refractivity contribution in [2.45, 2.75) is 17.7 Å². The van der Waals surface area contributed by atoms with E-state index in [0.717, 1.165) is 12.0 Å². The zero-order chi connectivity index (χ0) is 18.4. The van der Waals surface area contributed by atoms with Crippen LogP contribution in [0.5, 0.6) is 11.5 Å². The average molecular weight is 384 g/mol. The summed E-state index contributed by atoms with van der Waals surface area (Å²) in [6.45, 7) is 0.416. The van der Waals surface area contributed by atoms with Crippen LogP contribution in [0.25, 0.3) is 0 Å². The normalized spacial score (nSPS) is 11.6. The lowest BCUT2D eigenvalue weighted by molar-refractivity contribution is 0.354. The molecule has 0 heterocycles. The molecule has 2 rings (SSSR count). The lowest BCUT2D eigenvalue weighted by Crippen LogP contribution is -2.28. The number of sulfonamides is 1. The molecule has 25 heavy (non-hydrogen) atoms. The van der Waals surface area contributed by atoms with Crippen molar-refractivity contribution in [2.24, 2.45) is 0 Å². The highest BCUT2D eigenvalue weighted by molar-refractivity contribution is 7.89. The summed E-state index contributed by atoms with van der Waals surface area (Å²) in [5.41, 5.74) is 1.06. The third-order valence-electron chi connectivity index (χ3n) is 3.91. The van der Waals surface area contributed by atoms with Gasteiger partial charge in [-0.1, -0.05) is 17.7 Å². The van der Waals surface area contributed by atoms with E-state index < -0.39 is 10.0 Å². The summed E-state index contributed by atoms with van der Waals surface area (Å²) in [6, 6.07) is 11.9. The summed E-state index contributed by atoms with van der Waals surface area (Å²) in [4.78, 5) is 0.241. The smallest absolute Gasteiger partial charge is 0.242 e. The van der Waals surface area contributed by atoms with Crippen molar-refractivity contribution < 1.29 is 17.9 Å². The van der Waals surface area contributed by atoms with Crippen LogP contribution in [0.3, 0.4) is 0 Å². The van der Waals surface area contributed by atoms with Gasteiger partial charge in [0.2, 0.25) is 10.0 Å². The van der Waals surface area contributed by atoms with Crippen LogP contribution in [0.4, 0.5) is 0 Å². The Morgan fingerprint density at radius 2 is 1.64 bits per heavy atom. The van der Waals surface area contributed by atoms with E-state index in [-0.39, 0.29) is 4.90 Å². The first-order valence-corrected chi connectivity index (χ1v) is 9.63. The summed E-state index contributed by atoms with van der Waals surface area (Å²) in [5.74, 6) is 1.34. The molecule has 0 spiro atoms. The predicted octanol–water partition coefficient (Wildman–Crippen LogP) is 3.61. The maximum atomic E-state index is 12.5. The second-order valence-corrected chi connectivity index (χ2v) is 8.05. The van der Waals surface area contributed by atoms with Gasteiger partial charge in [-0.25, -0.2) is 12.7 Å². The van der Waals surface area contributed by atoms with Crippen molar-refractivity contribution >= 4 is 21.6 Å². The zero-order valence-electron chi connectivity index (χ0n) is 14.5. The first-order valence-electron chi connectivity index (χ1n) is 7.81. The fourth-order valence-corrected chi connectivity index (χ4v) is 3.78. The van der Waals surface area contributed by atoms with Gasteiger partial charge < -0.3 is 9.47 Å². The van der Waals surface area contributed by atoms with Crippen molar-refractivity contribution in [3.05, 3.63) is 53.1 Å². The van der Waals surface area contributed by atoms with Crippen LogP contribution in [-0.4, -0.2) is 40.5 Å². The molecule has 7 heteroatoms. The van der Waals surface area contributed by atoms with Crippen molar-refractivity contribution in [1.29, 1.82) is 0 Å². The summed E-state index contributed by atoms with van der Waals surface area (Å²) < 4.78 is 36.9. The van der Waals surface area contributed by atoms with E-state index in [1.807, 2.05) is 18.2 Å². The minimum Gasteiger partial charge on any atom is -0.493 e. The third kappa shape index (κ3) is 4.87. The molecule has 0 saturated carbocycles. The Morgan fingerprint density at radius 1 is 1.00 bits per heavy atom. The van der Waals surface area contributed by atoms with Crippen LogP contribution in [0, 0.1) is 0 Å². The average Bonchev–Trinajstić information content (AvgIpc) is 2.61. The molecule has 0 aromatic heterocycles. The number of benzene rings is 2. The Bertz CT molecular complexity index is 806. The number of methoxy groups -OCH3 is 2. The summed E-state index contributed by atoms with van der Waals surface area (Å²) >= 11 is 5.81. The van der Waals surface area contributed by atoms with E-state index in [2.05, 4.69) is 0 Å². The van der Waals surface area contributed by atoms with Crippen LogP contribution in [0.1, 0.15) is 12.0 Å². The minimum atomic E-state index is -3.50. The van der Waals surface area contributed by atoms with Crippen molar-refractivity contribution in [3.8, 4) is 11.5 Å². The molecule has 0 radical (unpaired) electrons.